The molecule has 1 aliphatic rings. The first-order valence-corrected chi connectivity index (χ1v) is 8.78. The standard InChI is InChI=1S/C16H38N6/c1-19-9-6-5-7-10-20(2)14-15-22(4)16-18-17-8-11-21(3)13-12-19/h17-18H,5-16H2,1-4H3. The average Bonchev–Trinajstić information content (AvgIpc) is 2.49. The summed E-state index contributed by atoms with van der Waals surface area (Å²) in [5.74, 6) is 0. The molecule has 0 bridgehead atoms. The maximum Gasteiger partial charge on any atom is 0.0612 e. The fraction of sp³-hybridized carbons (Fsp3) is 1.00. The second kappa shape index (κ2) is 12.2. The highest BCUT2D eigenvalue weighted by Crippen LogP contribution is 2.00. The summed E-state index contributed by atoms with van der Waals surface area (Å²) < 4.78 is 0. The Kier molecular flexibility index (Phi) is 11.0. The summed E-state index contributed by atoms with van der Waals surface area (Å²) in [4.78, 5) is 9.63. The lowest BCUT2D eigenvalue weighted by atomic mass is 10.2. The van der Waals surface area contributed by atoms with Crippen molar-refractivity contribution in [2.24, 2.45) is 0 Å². The Bertz CT molecular complexity index is 213. The van der Waals surface area contributed by atoms with Crippen LogP contribution >= 0.6 is 0 Å². The number of hydrazine groups is 1. The number of hydrogen-bond donors (Lipinski definition) is 2. The van der Waals surface area contributed by atoms with Crippen molar-refractivity contribution in [3.05, 3.63) is 0 Å². The minimum atomic E-state index is 0.889. The minimum absolute atomic E-state index is 0.889. The molecule has 6 heteroatoms. The Morgan fingerprint density at radius 1 is 0.500 bits per heavy atom. The molecule has 0 radical (unpaired) electrons. The van der Waals surface area contributed by atoms with Crippen LogP contribution in [0.25, 0.3) is 0 Å². The summed E-state index contributed by atoms with van der Waals surface area (Å²) in [5.41, 5.74) is 6.62. The van der Waals surface area contributed by atoms with Gasteiger partial charge in [-0.3, -0.25) is 10.3 Å². The first-order valence-electron chi connectivity index (χ1n) is 8.78. The molecule has 0 aromatic carbocycles. The Hall–Kier alpha value is -0.240. The van der Waals surface area contributed by atoms with Crippen molar-refractivity contribution in [3.63, 3.8) is 0 Å². The third kappa shape index (κ3) is 10.5. The Morgan fingerprint density at radius 3 is 1.59 bits per heavy atom. The van der Waals surface area contributed by atoms with Crippen LogP contribution in [-0.4, -0.2) is 107 Å². The van der Waals surface area contributed by atoms with Gasteiger partial charge in [0.15, 0.2) is 0 Å². The van der Waals surface area contributed by atoms with Crippen molar-refractivity contribution in [2.75, 3.05) is 87.2 Å². The molecule has 0 spiro atoms. The molecule has 1 fully saturated rings. The summed E-state index contributed by atoms with van der Waals surface area (Å²) in [6.07, 6.45) is 3.97. The monoisotopic (exact) mass is 314 g/mol. The molecule has 0 atom stereocenters. The number of nitrogens with zero attached hydrogens (tertiary/aromatic N) is 4. The molecule has 0 aliphatic carbocycles. The van der Waals surface area contributed by atoms with Crippen LogP contribution in [-0.2, 0) is 0 Å². The highest BCUT2D eigenvalue weighted by Gasteiger charge is 2.05. The average molecular weight is 315 g/mol. The fourth-order valence-electron chi connectivity index (χ4n) is 2.56. The smallest absolute Gasteiger partial charge is 0.0612 e. The minimum Gasteiger partial charge on any atom is -0.305 e. The van der Waals surface area contributed by atoms with Crippen molar-refractivity contribution in [2.45, 2.75) is 19.3 Å². The van der Waals surface area contributed by atoms with Crippen molar-refractivity contribution in [1.29, 1.82) is 0 Å². The van der Waals surface area contributed by atoms with Gasteiger partial charge in [0.25, 0.3) is 0 Å². The SMILES string of the molecule is CN1CCCCCN(C)CCN(C)CNNCCN(C)CC1. The predicted molar refractivity (Wildman–Crippen MR) is 95.0 cm³/mol. The quantitative estimate of drug-likeness (QED) is 0.653. The van der Waals surface area contributed by atoms with E-state index >= 15 is 0 Å². The van der Waals surface area contributed by atoms with E-state index in [9.17, 15) is 0 Å². The Labute approximate surface area is 137 Å². The first kappa shape index (κ1) is 19.8. The van der Waals surface area contributed by atoms with Crippen LogP contribution in [0.1, 0.15) is 19.3 Å². The molecular formula is C16H38N6. The van der Waals surface area contributed by atoms with Gasteiger partial charge in [0.1, 0.15) is 0 Å². The molecule has 0 aromatic rings. The molecule has 132 valence electrons. The van der Waals surface area contributed by atoms with Crippen LogP contribution < -0.4 is 10.9 Å². The fourth-order valence-corrected chi connectivity index (χ4v) is 2.56. The van der Waals surface area contributed by atoms with E-state index in [0.717, 1.165) is 45.9 Å². The number of rotatable bonds is 0. The third-order valence-electron chi connectivity index (χ3n) is 4.40. The first-order chi connectivity index (χ1) is 10.6. The highest BCUT2D eigenvalue weighted by atomic mass is 15.4. The van der Waals surface area contributed by atoms with Crippen molar-refractivity contribution < 1.29 is 0 Å². The molecule has 2 N–H and O–H groups in total. The molecule has 1 rings (SSSR count). The van der Waals surface area contributed by atoms with Gasteiger partial charge in [-0.2, -0.15) is 0 Å². The second-order valence-corrected chi connectivity index (χ2v) is 6.81. The van der Waals surface area contributed by atoms with Gasteiger partial charge in [-0.15, -0.1) is 0 Å². The lowest BCUT2D eigenvalue weighted by molar-refractivity contribution is 0.219. The van der Waals surface area contributed by atoms with Crippen molar-refractivity contribution >= 4 is 0 Å². The summed E-state index contributed by atoms with van der Waals surface area (Å²) in [6.45, 7) is 9.93. The van der Waals surface area contributed by atoms with E-state index in [-0.39, 0.29) is 0 Å². The molecule has 0 amide bonds. The third-order valence-corrected chi connectivity index (χ3v) is 4.40. The zero-order valence-electron chi connectivity index (χ0n) is 15.3. The summed E-state index contributed by atoms with van der Waals surface area (Å²) in [6, 6.07) is 0. The summed E-state index contributed by atoms with van der Waals surface area (Å²) in [7, 11) is 8.85. The highest BCUT2D eigenvalue weighted by molar-refractivity contribution is 4.61. The largest absolute Gasteiger partial charge is 0.305 e. The van der Waals surface area contributed by atoms with Crippen LogP contribution in [0.2, 0.25) is 0 Å². The van der Waals surface area contributed by atoms with Crippen LogP contribution in [0.5, 0.6) is 0 Å². The van der Waals surface area contributed by atoms with E-state index in [1.54, 1.807) is 0 Å². The Morgan fingerprint density at radius 2 is 1.00 bits per heavy atom. The van der Waals surface area contributed by atoms with Gasteiger partial charge in [-0.1, -0.05) is 6.42 Å². The van der Waals surface area contributed by atoms with Gasteiger partial charge < -0.3 is 14.7 Å². The Balaban J connectivity index is 2.31. The van der Waals surface area contributed by atoms with E-state index in [1.807, 2.05) is 0 Å². The summed E-state index contributed by atoms with van der Waals surface area (Å²) in [5, 5.41) is 0. The van der Waals surface area contributed by atoms with Gasteiger partial charge >= 0.3 is 0 Å². The van der Waals surface area contributed by atoms with E-state index in [4.69, 9.17) is 0 Å². The predicted octanol–water partition coefficient (Wildman–Crippen LogP) is -0.0508. The molecule has 1 heterocycles. The number of hydrogen-bond acceptors (Lipinski definition) is 6. The van der Waals surface area contributed by atoms with E-state index in [0.29, 0.717) is 0 Å². The maximum atomic E-state index is 3.31. The van der Waals surface area contributed by atoms with Crippen molar-refractivity contribution in [3.8, 4) is 0 Å². The summed E-state index contributed by atoms with van der Waals surface area (Å²) >= 11 is 0. The molecule has 22 heavy (non-hydrogen) atoms. The zero-order valence-corrected chi connectivity index (χ0v) is 15.3. The molecule has 1 saturated heterocycles. The van der Waals surface area contributed by atoms with Gasteiger partial charge in [0, 0.05) is 39.3 Å². The normalized spacial score (nSPS) is 25.6. The molecule has 0 aromatic heterocycles. The second-order valence-electron chi connectivity index (χ2n) is 6.81. The van der Waals surface area contributed by atoms with Crippen LogP contribution in [0.3, 0.4) is 0 Å². The van der Waals surface area contributed by atoms with E-state index in [1.165, 1.54) is 32.4 Å². The van der Waals surface area contributed by atoms with Crippen molar-refractivity contribution in [1.82, 2.24) is 30.5 Å². The van der Waals surface area contributed by atoms with Crippen LogP contribution in [0.15, 0.2) is 0 Å². The van der Waals surface area contributed by atoms with Gasteiger partial charge in [0.2, 0.25) is 0 Å². The molecule has 1 aliphatic heterocycles. The van der Waals surface area contributed by atoms with Crippen LogP contribution in [0.4, 0.5) is 0 Å². The van der Waals surface area contributed by atoms with Gasteiger partial charge in [0.05, 0.1) is 6.67 Å². The molecule has 0 saturated carbocycles. The lowest BCUT2D eigenvalue weighted by Crippen LogP contribution is -2.45. The van der Waals surface area contributed by atoms with Crippen LogP contribution in [0, 0.1) is 0 Å². The molecular weight excluding hydrogens is 276 g/mol. The number of nitrogens with one attached hydrogen (secondary N) is 2. The molecule has 0 unspecified atom stereocenters. The number of likely N-dealkylation sites (N-methyl/N-ethyl adjacent to an activating group) is 4. The molecule has 6 nitrogen and oxygen atoms in total. The van der Waals surface area contributed by atoms with Gasteiger partial charge in [-0.25, -0.2) is 5.43 Å². The maximum absolute atomic E-state index is 3.31. The van der Waals surface area contributed by atoms with Gasteiger partial charge in [-0.05, 0) is 54.1 Å². The zero-order chi connectivity index (χ0) is 16.2. The van der Waals surface area contributed by atoms with E-state index < -0.39 is 0 Å². The topological polar surface area (TPSA) is 37.0 Å². The lowest BCUT2D eigenvalue weighted by Gasteiger charge is -2.24. The van der Waals surface area contributed by atoms with E-state index in [2.05, 4.69) is 58.6 Å².